The largest absolute Gasteiger partial charge is 0.492 e. The fourth-order valence-corrected chi connectivity index (χ4v) is 1.59. The molecule has 0 saturated heterocycles. The van der Waals surface area contributed by atoms with Crippen LogP contribution in [-0.4, -0.2) is 45.3 Å². The van der Waals surface area contributed by atoms with Gasteiger partial charge >= 0.3 is 0 Å². The third kappa shape index (κ3) is 6.58. The molecular formula is C16H22O4. The molecule has 0 spiro atoms. The van der Waals surface area contributed by atoms with Crippen LogP contribution in [0.1, 0.15) is 17.5 Å². The molecule has 0 bridgehead atoms. The Kier molecular flexibility index (Phi) is 8.48. The lowest BCUT2D eigenvalue weighted by molar-refractivity contribution is 0.0644. The van der Waals surface area contributed by atoms with Crippen LogP contribution < -0.4 is 4.74 Å². The highest BCUT2D eigenvalue weighted by molar-refractivity contribution is 5.48. The molecule has 1 rings (SSSR count). The molecule has 0 aliphatic rings. The maximum absolute atomic E-state index is 8.76. The molecule has 0 aliphatic carbocycles. The van der Waals surface area contributed by atoms with Crippen molar-refractivity contribution in [2.75, 3.05) is 40.1 Å². The number of rotatable bonds is 8. The van der Waals surface area contributed by atoms with Crippen molar-refractivity contribution in [1.82, 2.24) is 0 Å². The third-order valence-corrected chi connectivity index (χ3v) is 2.56. The number of aliphatic hydroxyl groups is 1. The van der Waals surface area contributed by atoms with Crippen molar-refractivity contribution in [1.29, 1.82) is 0 Å². The molecule has 0 amide bonds. The fraction of sp³-hybridized carbons (Fsp3) is 0.500. The highest BCUT2D eigenvalue weighted by atomic mass is 16.5. The lowest BCUT2D eigenvalue weighted by atomic mass is 10.1. The molecule has 4 nitrogen and oxygen atoms in total. The summed E-state index contributed by atoms with van der Waals surface area (Å²) in [6, 6.07) is 5.84. The summed E-state index contributed by atoms with van der Waals surface area (Å²) >= 11 is 0. The molecule has 4 heteroatoms. The van der Waals surface area contributed by atoms with Gasteiger partial charge in [0.15, 0.2) is 0 Å². The van der Waals surface area contributed by atoms with E-state index in [1.807, 2.05) is 25.1 Å². The van der Waals surface area contributed by atoms with Crippen LogP contribution in [0.15, 0.2) is 18.2 Å². The van der Waals surface area contributed by atoms with E-state index in [0.717, 1.165) is 23.3 Å². The molecule has 0 atom stereocenters. The van der Waals surface area contributed by atoms with Gasteiger partial charge in [0.1, 0.15) is 12.4 Å². The van der Waals surface area contributed by atoms with Gasteiger partial charge in [-0.1, -0.05) is 17.9 Å². The third-order valence-electron chi connectivity index (χ3n) is 2.56. The summed E-state index contributed by atoms with van der Waals surface area (Å²) in [5.41, 5.74) is 1.92. The Morgan fingerprint density at radius 2 is 2.00 bits per heavy atom. The molecule has 1 N–H and O–H groups in total. The van der Waals surface area contributed by atoms with Crippen LogP contribution in [0.2, 0.25) is 0 Å². The number of ether oxygens (including phenoxy) is 3. The van der Waals surface area contributed by atoms with Gasteiger partial charge in [-0.15, -0.1) is 0 Å². The first kappa shape index (κ1) is 16.5. The Bertz CT molecular complexity index is 446. The summed E-state index contributed by atoms with van der Waals surface area (Å²) in [5.74, 6) is 6.29. The van der Waals surface area contributed by atoms with Crippen molar-refractivity contribution in [3.05, 3.63) is 29.3 Å². The topological polar surface area (TPSA) is 47.9 Å². The van der Waals surface area contributed by atoms with Crippen molar-refractivity contribution in [2.24, 2.45) is 0 Å². The van der Waals surface area contributed by atoms with Gasteiger partial charge in [0.25, 0.3) is 0 Å². The Morgan fingerprint density at radius 3 is 2.75 bits per heavy atom. The normalized spacial score (nSPS) is 9.95. The van der Waals surface area contributed by atoms with E-state index < -0.39 is 0 Å². The Balaban J connectivity index is 2.39. The number of benzene rings is 1. The highest BCUT2D eigenvalue weighted by Crippen LogP contribution is 2.19. The minimum absolute atomic E-state index is 0.152. The average molecular weight is 278 g/mol. The van der Waals surface area contributed by atoms with Crippen LogP contribution in [-0.2, 0) is 9.47 Å². The van der Waals surface area contributed by atoms with Crippen molar-refractivity contribution in [3.8, 4) is 17.6 Å². The van der Waals surface area contributed by atoms with E-state index in [0.29, 0.717) is 26.4 Å². The summed E-state index contributed by atoms with van der Waals surface area (Å²) in [4.78, 5) is 0. The van der Waals surface area contributed by atoms with E-state index in [2.05, 4.69) is 11.8 Å². The molecule has 1 aromatic rings. The van der Waals surface area contributed by atoms with Gasteiger partial charge in [-0.25, -0.2) is 0 Å². The van der Waals surface area contributed by atoms with Crippen molar-refractivity contribution in [2.45, 2.75) is 13.3 Å². The van der Waals surface area contributed by atoms with Crippen molar-refractivity contribution in [3.63, 3.8) is 0 Å². The second-order valence-electron chi connectivity index (χ2n) is 4.27. The summed E-state index contributed by atoms with van der Waals surface area (Å²) in [6.45, 7) is 4.28. The number of aryl methyl sites for hydroxylation is 1. The first-order valence-electron chi connectivity index (χ1n) is 6.67. The molecular weight excluding hydrogens is 256 g/mol. The summed E-state index contributed by atoms with van der Waals surface area (Å²) in [5, 5.41) is 8.76. The van der Waals surface area contributed by atoms with Gasteiger partial charge in [0, 0.05) is 20.1 Å². The predicted octanol–water partition coefficient (Wildman–Crippen LogP) is 1.77. The van der Waals surface area contributed by atoms with Crippen LogP contribution in [0.5, 0.6) is 5.75 Å². The second kappa shape index (κ2) is 10.3. The summed E-state index contributed by atoms with van der Waals surface area (Å²) in [7, 11) is 1.65. The lowest BCUT2D eigenvalue weighted by Crippen LogP contribution is -2.07. The molecule has 0 unspecified atom stereocenters. The van der Waals surface area contributed by atoms with Crippen LogP contribution in [0.4, 0.5) is 0 Å². The molecule has 0 radical (unpaired) electrons. The molecule has 20 heavy (non-hydrogen) atoms. The van der Waals surface area contributed by atoms with E-state index in [-0.39, 0.29) is 6.61 Å². The standard InChI is InChI=1S/C16H22O4/c1-14-6-7-16(15(13-14)5-3-8-17)20-10-4-9-19-12-11-18-2/h6-7,13,17H,4,8-12H2,1-2H3. The van der Waals surface area contributed by atoms with Gasteiger partial charge in [-0.2, -0.15) is 0 Å². The van der Waals surface area contributed by atoms with Gasteiger partial charge < -0.3 is 19.3 Å². The van der Waals surface area contributed by atoms with Crippen molar-refractivity contribution >= 4 is 0 Å². The van der Waals surface area contributed by atoms with Gasteiger partial charge in [0.2, 0.25) is 0 Å². The maximum Gasteiger partial charge on any atom is 0.134 e. The van der Waals surface area contributed by atoms with E-state index in [1.54, 1.807) is 7.11 Å². The average Bonchev–Trinajstić information content (AvgIpc) is 2.45. The number of hydrogen-bond acceptors (Lipinski definition) is 4. The minimum Gasteiger partial charge on any atom is -0.492 e. The van der Waals surface area contributed by atoms with Gasteiger partial charge in [-0.05, 0) is 24.6 Å². The lowest BCUT2D eigenvalue weighted by Gasteiger charge is -2.09. The van der Waals surface area contributed by atoms with Crippen LogP contribution >= 0.6 is 0 Å². The van der Waals surface area contributed by atoms with E-state index in [1.165, 1.54) is 0 Å². The Hall–Kier alpha value is -1.54. The fourth-order valence-electron chi connectivity index (χ4n) is 1.59. The van der Waals surface area contributed by atoms with Crippen molar-refractivity contribution < 1.29 is 19.3 Å². The smallest absolute Gasteiger partial charge is 0.134 e. The zero-order chi connectivity index (χ0) is 14.6. The van der Waals surface area contributed by atoms with E-state index in [4.69, 9.17) is 19.3 Å². The number of methoxy groups -OCH3 is 1. The monoisotopic (exact) mass is 278 g/mol. The molecule has 0 saturated carbocycles. The second-order valence-corrected chi connectivity index (χ2v) is 4.27. The molecule has 0 aliphatic heterocycles. The molecule has 1 aromatic carbocycles. The van der Waals surface area contributed by atoms with Gasteiger partial charge in [0.05, 0.1) is 25.4 Å². The predicted molar refractivity (Wildman–Crippen MR) is 77.9 cm³/mol. The number of hydrogen-bond donors (Lipinski definition) is 1. The quantitative estimate of drug-likeness (QED) is 0.581. The van der Waals surface area contributed by atoms with Crippen LogP contribution in [0.3, 0.4) is 0 Å². The zero-order valence-electron chi connectivity index (χ0n) is 12.1. The zero-order valence-corrected chi connectivity index (χ0v) is 12.1. The molecule has 110 valence electrons. The minimum atomic E-state index is -0.152. The SMILES string of the molecule is COCCOCCCOc1ccc(C)cc1C#CCO. The van der Waals surface area contributed by atoms with E-state index >= 15 is 0 Å². The first-order valence-corrected chi connectivity index (χ1v) is 6.67. The molecule has 0 heterocycles. The first-order chi connectivity index (χ1) is 9.77. The maximum atomic E-state index is 8.76. The Labute approximate surface area is 120 Å². The number of aliphatic hydroxyl groups excluding tert-OH is 1. The summed E-state index contributed by atoms with van der Waals surface area (Å²) < 4.78 is 16.0. The van der Waals surface area contributed by atoms with Gasteiger partial charge in [-0.3, -0.25) is 0 Å². The van der Waals surface area contributed by atoms with Crippen LogP contribution in [0, 0.1) is 18.8 Å². The summed E-state index contributed by atoms with van der Waals surface area (Å²) in [6.07, 6.45) is 0.810. The molecule has 0 aromatic heterocycles. The Morgan fingerprint density at radius 1 is 1.15 bits per heavy atom. The van der Waals surface area contributed by atoms with Crippen LogP contribution in [0.25, 0.3) is 0 Å². The highest BCUT2D eigenvalue weighted by Gasteiger charge is 2.01. The van der Waals surface area contributed by atoms with E-state index in [9.17, 15) is 0 Å². The molecule has 0 fully saturated rings.